The molecule has 4 heteroatoms. The molecule has 0 aliphatic heterocycles. The van der Waals surface area contributed by atoms with Crippen LogP contribution in [0.3, 0.4) is 0 Å². The fourth-order valence-electron chi connectivity index (χ4n) is 5.63. The van der Waals surface area contributed by atoms with Gasteiger partial charge in [0.1, 0.15) is 17.0 Å². The van der Waals surface area contributed by atoms with Gasteiger partial charge in [0.15, 0.2) is 0 Å². The molecule has 23 heavy (non-hydrogen) atoms. The number of hydrogen-bond donors (Lipinski definition) is 1. The van der Waals surface area contributed by atoms with Crippen molar-refractivity contribution in [2.24, 2.45) is 16.7 Å². The second-order valence-corrected chi connectivity index (χ2v) is 9.65. The number of anilines is 1. The number of aromatic nitrogens is 2. The van der Waals surface area contributed by atoms with Crippen LogP contribution in [-0.4, -0.2) is 16.0 Å². The molecule has 0 amide bonds. The van der Waals surface area contributed by atoms with Crippen LogP contribution in [0.15, 0.2) is 6.33 Å². The summed E-state index contributed by atoms with van der Waals surface area (Å²) in [5.41, 5.74) is 2.35. The monoisotopic (exact) mass is 327 g/mol. The number of rotatable bonds is 2. The minimum atomic E-state index is 0.383. The molecule has 3 atom stereocenters. The lowest BCUT2D eigenvalue weighted by atomic mass is 9.69. The highest BCUT2D eigenvalue weighted by Crippen LogP contribution is 2.66. The molecule has 5 rings (SSSR count). The Morgan fingerprint density at radius 3 is 2.83 bits per heavy atom. The van der Waals surface area contributed by atoms with Crippen LogP contribution in [0.1, 0.15) is 56.9 Å². The van der Waals surface area contributed by atoms with Gasteiger partial charge < -0.3 is 5.32 Å². The summed E-state index contributed by atoms with van der Waals surface area (Å²) in [6, 6.07) is 0.548. The largest absolute Gasteiger partial charge is 0.366 e. The van der Waals surface area contributed by atoms with Crippen molar-refractivity contribution in [3.63, 3.8) is 0 Å². The van der Waals surface area contributed by atoms with E-state index in [2.05, 4.69) is 36.1 Å². The second-order valence-electron chi connectivity index (χ2n) is 8.57. The van der Waals surface area contributed by atoms with Crippen molar-refractivity contribution in [2.45, 2.75) is 65.3 Å². The van der Waals surface area contributed by atoms with E-state index in [4.69, 9.17) is 0 Å². The van der Waals surface area contributed by atoms with Crippen LogP contribution < -0.4 is 5.32 Å². The summed E-state index contributed by atoms with van der Waals surface area (Å²) in [7, 11) is 0. The molecule has 2 aromatic rings. The fraction of sp³-hybridized carbons (Fsp3) is 0.684. The minimum absolute atomic E-state index is 0.383. The summed E-state index contributed by atoms with van der Waals surface area (Å²) in [6.07, 6.45) is 9.51. The molecule has 2 heterocycles. The van der Waals surface area contributed by atoms with Crippen LogP contribution in [0, 0.1) is 16.7 Å². The van der Waals surface area contributed by atoms with Crippen LogP contribution in [0.25, 0.3) is 10.2 Å². The first kappa shape index (κ1) is 14.2. The highest BCUT2D eigenvalue weighted by Gasteiger charge is 2.61. The summed E-state index contributed by atoms with van der Waals surface area (Å²) in [6.45, 7) is 7.45. The van der Waals surface area contributed by atoms with Gasteiger partial charge in [0, 0.05) is 10.9 Å². The van der Waals surface area contributed by atoms with Crippen LogP contribution >= 0.6 is 11.3 Å². The first-order valence-electron chi connectivity index (χ1n) is 9.02. The first-order chi connectivity index (χ1) is 11.0. The van der Waals surface area contributed by atoms with Crippen LogP contribution in [0.5, 0.6) is 0 Å². The highest BCUT2D eigenvalue weighted by atomic mass is 32.1. The van der Waals surface area contributed by atoms with Gasteiger partial charge in [-0.3, -0.25) is 0 Å². The van der Waals surface area contributed by atoms with E-state index in [9.17, 15) is 0 Å². The van der Waals surface area contributed by atoms with Crippen molar-refractivity contribution >= 4 is 27.4 Å². The van der Waals surface area contributed by atoms with E-state index in [1.807, 2.05) is 11.3 Å². The Hall–Kier alpha value is -1.16. The third kappa shape index (κ3) is 1.71. The molecule has 0 unspecified atom stereocenters. The highest BCUT2D eigenvalue weighted by molar-refractivity contribution is 7.19. The van der Waals surface area contributed by atoms with Crippen molar-refractivity contribution in [3.8, 4) is 0 Å². The SMILES string of the molecule is CC1(C)[C@H]2CC[C@@]1(C)[C@@H](Nc1ncnc3sc4c(c13)CCC4)C2. The molecule has 2 saturated carbocycles. The molecule has 122 valence electrons. The number of nitrogens with one attached hydrogen (secondary N) is 1. The van der Waals surface area contributed by atoms with Gasteiger partial charge in [0.2, 0.25) is 0 Å². The molecule has 2 bridgehead atoms. The number of nitrogens with zero attached hydrogens (tertiary/aromatic N) is 2. The molecule has 3 nitrogen and oxygen atoms in total. The van der Waals surface area contributed by atoms with Gasteiger partial charge in [-0.05, 0) is 60.8 Å². The molecule has 2 aromatic heterocycles. The standard InChI is InChI=1S/C19H25N3S/c1-18(2)11-7-8-19(18,3)14(9-11)22-16-15-12-5-4-6-13(12)23-17(15)21-10-20-16/h10-11,14H,4-9H2,1-3H3,(H,20,21,22)/t11-,14-,19-/m0/s1. The maximum atomic E-state index is 4.67. The molecular weight excluding hydrogens is 302 g/mol. The van der Waals surface area contributed by atoms with Crippen molar-refractivity contribution < 1.29 is 0 Å². The lowest BCUT2D eigenvalue weighted by Gasteiger charge is -2.39. The molecule has 0 saturated heterocycles. The molecule has 0 aromatic carbocycles. The van der Waals surface area contributed by atoms with Crippen molar-refractivity contribution in [2.75, 3.05) is 5.32 Å². The minimum Gasteiger partial charge on any atom is -0.366 e. The van der Waals surface area contributed by atoms with Gasteiger partial charge in [0.05, 0.1) is 5.39 Å². The summed E-state index contributed by atoms with van der Waals surface area (Å²) in [4.78, 5) is 11.9. The average molecular weight is 327 g/mol. The smallest absolute Gasteiger partial charge is 0.138 e. The molecule has 3 aliphatic carbocycles. The lowest BCUT2D eigenvalue weighted by Crippen LogP contribution is -2.40. The third-order valence-electron chi connectivity index (χ3n) is 7.61. The van der Waals surface area contributed by atoms with Crippen molar-refractivity contribution in [1.82, 2.24) is 9.97 Å². The zero-order valence-electron chi connectivity index (χ0n) is 14.3. The first-order valence-corrected chi connectivity index (χ1v) is 9.84. The van der Waals surface area contributed by atoms with Gasteiger partial charge in [0.25, 0.3) is 0 Å². The Morgan fingerprint density at radius 1 is 1.22 bits per heavy atom. The van der Waals surface area contributed by atoms with E-state index >= 15 is 0 Å². The number of fused-ring (bicyclic) bond motifs is 5. The zero-order chi connectivity index (χ0) is 15.8. The Bertz CT molecular complexity index is 793. The van der Waals surface area contributed by atoms with E-state index < -0.39 is 0 Å². The van der Waals surface area contributed by atoms with E-state index in [0.717, 1.165) is 11.7 Å². The van der Waals surface area contributed by atoms with Gasteiger partial charge in [-0.1, -0.05) is 20.8 Å². The van der Waals surface area contributed by atoms with Gasteiger partial charge in [-0.25, -0.2) is 9.97 Å². The molecular formula is C19H25N3S. The van der Waals surface area contributed by atoms with Crippen LogP contribution in [-0.2, 0) is 12.8 Å². The molecule has 0 spiro atoms. The average Bonchev–Trinajstić information content (AvgIpc) is 3.18. The number of aryl methyl sites for hydroxylation is 2. The Balaban J connectivity index is 1.56. The zero-order valence-corrected chi connectivity index (χ0v) is 15.1. The second kappa shape index (κ2) is 4.47. The van der Waals surface area contributed by atoms with E-state index in [1.165, 1.54) is 54.3 Å². The van der Waals surface area contributed by atoms with Gasteiger partial charge >= 0.3 is 0 Å². The predicted octanol–water partition coefficient (Wildman–Crippen LogP) is 4.81. The topological polar surface area (TPSA) is 37.8 Å². The van der Waals surface area contributed by atoms with Gasteiger partial charge in [-0.15, -0.1) is 11.3 Å². The molecule has 0 radical (unpaired) electrons. The maximum absolute atomic E-state index is 4.67. The van der Waals surface area contributed by atoms with Crippen LogP contribution in [0.2, 0.25) is 0 Å². The Morgan fingerprint density at radius 2 is 2.09 bits per heavy atom. The maximum Gasteiger partial charge on any atom is 0.138 e. The summed E-state index contributed by atoms with van der Waals surface area (Å²) < 4.78 is 0. The molecule has 1 N–H and O–H groups in total. The van der Waals surface area contributed by atoms with Crippen LogP contribution in [0.4, 0.5) is 5.82 Å². The fourth-order valence-corrected chi connectivity index (χ4v) is 6.85. The quantitative estimate of drug-likeness (QED) is 0.860. The van der Waals surface area contributed by atoms with E-state index in [0.29, 0.717) is 16.9 Å². The number of thiophene rings is 1. The van der Waals surface area contributed by atoms with E-state index in [1.54, 1.807) is 11.2 Å². The summed E-state index contributed by atoms with van der Waals surface area (Å²) in [5, 5.41) is 5.21. The normalized spacial score (nSPS) is 34.2. The van der Waals surface area contributed by atoms with Crippen molar-refractivity contribution in [3.05, 3.63) is 16.8 Å². The van der Waals surface area contributed by atoms with Gasteiger partial charge in [-0.2, -0.15) is 0 Å². The Labute approximate surface area is 141 Å². The molecule has 3 aliphatic rings. The van der Waals surface area contributed by atoms with E-state index in [-0.39, 0.29) is 0 Å². The summed E-state index contributed by atoms with van der Waals surface area (Å²) >= 11 is 1.88. The lowest BCUT2D eigenvalue weighted by molar-refractivity contribution is 0.142. The number of hydrogen-bond acceptors (Lipinski definition) is 4. The third-order valence-corrected chi connectivity index (χ3v) is 8.81. The molecule has 2 fully saturated rings. The Kier molecular flexibility index (Phi) is 2.76. The predicted molar refractivity (Wildman–Crippen MR) is 96.1 cm³/mol. The van der Waals surface area contributed by atoms with Crippen molar-refractivity contribution in [1.29, 1.82) is 0 Å². The summed E-state index contributed by atoms with van der Waals surface area (Å²) in [5.74, 6) is 1.96.